The standard InChI is InChI=1S/C19H30/c1-17(2)16-14-9-7-11-19(16,18(17,3)4)15-10-6-5-8-13(15)12-14/h14,16H,5-12H2,1-4H3. The van der Waals surface area contributed by atoms with E-state index in [1.54, 1.807) is 0 Å². The lowest BCUT2D eigenvalue weighted by molar-refractivity contribution is -0.271. The van der Waals surface area contributed by atoms with Crippen LogP contribution in [0.25, 0.3) is 0 Å². The molecule has 2 fully saturated rings. The second kappa shape index (κ2) is 3.49. The van der Waals surface area contributed by atoms with E-state index in [0.717, 1.165) is 11.8 Å². The van der Waals surface area contributed by atoms with Gasteiger partial charge in [0.25, 0.3) is 0 Å². The van der Waals surface area contributed by atoms with Crippen LogP contribution in [0.4, 0.5) is 0 Å². The fourth-order valence-corrected chi connectivity index (χ4v) is 7.14. The number of rotatable bonds is 0. The first-order valence-corrected chi connectivity index (χ1v) is 8.64. The second-order valence-electron chi connectivity index (χ2n) is 8.94. The molecule has 19 heavy (non-hydrogen) atoms. The zero-order valence-corrected chi connectivity index (χ0v) is 13.3. The third-order valence-corrected chi connectivity index (χ3v) is 8.28. The lowest BCUT2D eigenvalue weighted by atomic mass is 9.25. The van der Waals surface area contributed by atoms with E-state index in [2.05, 4.69) is 27.7 Å². The average molecular weight is 258 g/mol. The highest BCUT2D eigenvalue weighted by Crippen LogP contribution is 2.82. The molecule has 4 rings (SSSR count). The minimum absolute atomic E-state index is 0.516. The van der Waals surface area contributed by atoms with Gasteiger partial charge < -0.3 is 0 Å². The van der Waals surface area contributed by atoms with Gasteiger partial charge in [0.15, 0.2) is 0 Å². The van der Waals surface area contributed by atoms with Crippen LogP contribution in [0.15, 0.2) is 11.1 Å². The summed E-state index contributed by atoms with van der Waals surface area (Å²) in [6.45, 7) is 10.3. The topological polar surface area (TPSA) is 0 Å². The maximum Gasteiger partial charge on any atom is 0.000715 e. The molecule has 0 saturated heterocycles. The van der Waals surface area contributed by atoms with Crippen molar-refractivity contribution in [3.63, 3.8) is 0 Å². The number of hydrogen-bond donors (Lipinski definition) is 0. The Morgan fingerprint density at radius 2 is 1.68 bits per heavy atom. The molecule has 2 saturated carbocycles. The average Bonchev–Trinajstić information content (AvgIpc) is 2.37. The van der Waals surface area contributed by atoms with Crippen molar-refractivity contribution in [2.24, 2.45) is 28.1 Å². The molecular weight excluding hydrogens is 228 g/mol. The Labute approximate surface area is 119 Å². The summed E-state index contributed by atoms with van der Waals surface area (Å²) < 4.78 is 0. The molecule has 0 N–H and O–H groups in total. The van der Waals surface area contributed by atoms with Gasteiger partial charge in [0.1, 0.15) is 0 Å². The van der Waals surface area contributed by atoms with E-state index in [-0.39, 0.29) is 0 Å². The van der Waals surface area contributed by atoms with Gasteiger partial charge in [-0.3, -0.25) is 0 Å². The normalized spacial score (nSPS) is 46.1. The quantitative estimate of drug-likeness (QED) is 0.487. The van der Waals surface area contributed by atoms with Gasteiger partial charge in [-0.05, 0) is 67.6 Å². The van der Waals surface area contributed by atoms with Crippen molar-refractivity contribution in [1.29, 1.82) is 0 Å². The summed E-state index contributed by atoms with van der Waals surface area (Å²) in [6.07, 6.45) is 11.8. The first-order chi connectivity index (χ1) is 8.93. The molecule has 0 aromatic rings. The summed E-state index contributed by atoms with van der Waals surface area (Å²) in [5.74, 6) is 2.02. The van der Waals surface area contributed by atoms with Crippen molar-refractivity contribution < 1.29 is 0 Å². The molecule has 0 aliphatic heterocycles. The highest BCUT2D eigenvalue weighted by atomic mass is 14.8. The van der Waals surface area contributed by atoms with E-state index in [9.17, 15) is 0 Å². The van der Waals surface area contributed by atoms with Gasteiger partial charge in [-0.15, -0.1) is 0 Å². The van der Waals surface area contributed by atoms with Crippen molar-refractivity contribution >= 4 is 0 Å². The van der Waals surface area contributed by atoms with Crippen LogP contribution in [-0.4, -0.2) is 0 Å². The summed E-state index contributed by atoms with van der Waals surface area (Å²) in [5.41, 5.74) is 5.59. The van der Waals surface area contributed by atoms with E-state index in [0.29, 0.717) is 16.2 Å². The minimum Gasteiger partial charge on any atom is -0.0701 e. The first kappa shape index (κ1) is 12.5. The van der Waals surface area contributed by atoms with Gasteiger partial charge >= 0.3 is 0 Å². The SMILES string of the molecule is CC1(C)C2C3CCCC2(C2=C(CCCC2)C3)C1(C)C. The maximum atomic E-state index is 2.59. The monoisotopic (exact) mass is 258 g/mol. The van der Waals surface area contributed by atoms with E-state index in [1.807, 2.05) is 11.1 Å². The molecule has 0 nitrogen and oxygen atoms in total. The predicted octanol–water partition coefficient (Wildman–Crippen LogP) is 5.73. The Hall–Kier alpha value is -0.260. The lowest BCUT2D eigenvalue weighted by Crippen LogP contribution is -2.73. The molecule has 4 aliphatic carbocycles. The minimum atomic E-state index is 0.516. The third kappa shape index (κ3) is 1.15. The molecule has 0 amide bonds. The van der Waals surface area contributed by atoms with Crippen LogP contribution in [0.5, 0.6) is 0 Å². The molecule has 4 aliphatic rings. The molecule has 106 valence electrons. The van der Waals surface area contributed by atoms with Gasteiger partial charge in [-0.2, -0.15) is 0 Å². The van der Waals surface area contributed by atoms with Crippen molar-refractivity contribution in [3.05, 3.63) is 11.1 Å². The molecule has 3 atom stereocenters. The van der Waals surface area contributed by atoms with Crippen LogP contribution in [0.3, 0.4) is 0 Å². The maximum absolute atomic E-state index is 2.59. The molecular formula is C19H30. The molecule has 2 bridgehead atoms. The molecule has 0 heteroatoms. The Bertz CT molecular complexity index is 451. The Balaban J connectivity index is 1.91. The summed E-state index contributed by atoms with van der Waals surface area (Å²) in [6, 6.07) is 0. The smallest absolute Gasteiger partial charge is 0.000715 e. The van der Waals surface area contributed by atoms with Crippen LogP contribution in [0, 0.1) is 28.1 Å². The highest BCUT2D eigenvalue weighted by molar-refractivity contribution is 5.40. The van der Waals surface area contributed by atoms with Crippen molar-refractivity contribution in [3.8, 4) is 0 Å². The molecule has 0 radical (unpaired) electrons. The van der Waals surface area contributed by atoms with Crippen LogP contribution < -0.4 is 0 Å². The molecule has 0 spiro atoms. The molecule has 0 heterocycles. The Morgan fingerprint density at radius 3 is 2.47 bits per heavy atom. The van der Waals surface area contributed by atoms with Crippen molar-refractivity contribution in [2.75, 3.05) is 0 Å². The second-order valence-corrected chi connectivity index (χ2v) is 8.94. The van der Waals surface area contributed by atoms with Crippen LogP contribution in [-0.2, 0) is 0 Å². The van der Waals surface area contributed by atoms with Gasteiger partial charge in [-0.25, -0.2) is 0 Å². The largest absolute Gasteiger partial charge is 0.0701 e. The fraction of sp³-hybridized carbons (Fsp3) is 0.895. The van der Waals surface area contributed by atoms with Crippen LogP contribution in [0.2, 0.25) is 0 Å². The van der Waals surface area contributed by atoms with E-state index >= 15 is 0 Å². The molecule has 0 aromatic heterocycles. The van der Waals surface area contributed by atoms with Gasteiger partial charge in [-0.1, -0.05) is 45.3 Å². The fourth-order valence-electron chi connectivity index (χ4n) is 7.14. The summed E-state index contributed by atoms with van der Waals surface area (Å²) in [4.78, 5) is 0. The molecule has 0 aromatic carbocycles. The summed E-state index contributed by atoms with van der Waals surface area (Å²) in [5, 5.41) is 0. The van der Waals surface area contributed by atoms with Gasteiger partial charge in [0.2, 0.25) is 0 Å². The Kier molecular flexibility index (Phi) is 2.29. The lowest BCUT2D eigenvalue weighted by Gasteiger charge is -2.79. The van der Waals surface area contributed by atoms with Crippen LogP contribution >= 0.6 is 0 Å². The number of allylic oxidation sites excluding steroid dienone is 2. The van der Waals surface area contributed by atoms with Crippen molar-refractivity contribution in [2.45, 2.75) is 79.1 Å². The first-order valence-electron chi connectivity index (χ1n) is 8.64. The van der Waals surface area contributed by atoms with E-state index in [4.69, 9.17) is 0 Å². The molecule has 3 unspecified atom stereocenters. The van der Waals surface area contributed by atoms with Gasteiger partial charge in [0, 0.05) is 5.41 Å². The summed E-state index contributed by atoms with van der Waals surface area (Å²) in [7, 11) is 0. The zero-order chi connectivity index (χ0) is 13.5. The zero-order valence-electron chi connectivity index (χ0n) is 13.3. The van der Waals surface area contributed by atoms with E-state index in [1.165, 1.54) is 51.4 Å². The number of hydrogen-bond acceptors (Lipinski definition) is 0. The van der Waals surface area contributed by atoms with Gasteiger partial charge in [0.05, 0.1) is 0 Å². The highest BCUT2D eigenvalue weighted by Gasteiger charge is 2.75. The Morgan fingerprint density at radius 1 is 0.947 bits per heavy atom. The third-order valence-electron chi connectivity index (χ3n) is 8.28. The van der Waals surface area contributed by atoms with Crippen LogP contribution in [0.1, 0.15) is 79.1 Å². The predicted molar refractivity (Wildman–Crippen MR) is 80.9 cm³/mol. The van der Waals surface area contributed by atoms with Crippen molar-refractivity contribution in [1.82, 2.24) is 0 Å². The van der Waals surface area contributed by atoms with E-state index < -0.39 is 0 Å². The summed E-state index contributed by atoms with van der Waals surface area (Å²) >= 11 is 0.